The monoisotopic (exact) mass is 977 g/mol. The van der Waals surface area contributed by atoms with Gasteiger partial charge in [-0.05, 0) is 114 Å². The van der Waals surface area contributed by atoms with Gasteiger partial charge in [0.2, 0.25) is 0 Å². The second-order valence-electron chi connectivity index (χ2n) is 19.0. The maximum absolute atomic E-state index is 15.6. The number of hydrogen-bond donors (Lipinski definition) is 0. The maximum Gasteiger partial charge on any atom is 0.415 e. The average molecular weight is 978 g/mol. The Labute approximate surface area is 426 Å². The van der Waals surface area contributed by atoms with E-state index in [-0.39, 0.29) is 42.3 Å². The summed E-state index contributed by atoms with van der Waals surface area (Å²) >= 11 is 0. The first-order chi connectivity index (χ1) is 35.6. The minimum absolute atomic E-state index is 0.113. The Bertz CT molecular complexity index is 3130. The summed E-state index contributed by atoms with van der Waals surface area (Å²) in [6, 6.07) is 47.4. The van der Waals surface area contributed by atoms with Gasteiger partial charge in [0.15, 0.2) is 0 Å². The molecule has 0 aliphatic carbocycles. The van der Waals surface area contributed by atoms with Gasteiger partial charge in [-0.1, -0.05) is 91.0 Å². The van der Waals surface area contributed by atoms with Crippen LogP contribution >= 0.6 is 0 Å². The summed E-state index contributed by atoms with van der Waals surface area (Å²) in [6.45, 7) is 7.05. The molecular formula is C60H59N5O8. The lowest BCUT2D eigenvalue weighted by molar-refractivity contribution is 0.0193. The predicted molar refractivity (Wildman–Crippen MR) is 279 cm³/mol. The number of anilines is 1. The SMILES string of the molecule is Cc1c(C(=O)N(C)c2ccc(OCc3ccccc3)cc2)cc(-c2cc3c(cc2C(=O)N2Cc4ccccc4C[C@H]2CN2CCOCC2)CN(C(=O)Oc2cccc(C(=O)OCc4ccccc4)c2)CC3)n1C. The van der Waals surface area contributed by atoms with Gasteiger partial charge in [-0.25, -0.2) is 9.59 Å². The third-order valence-electron chi connectivity index (χ3n) is 14.3. The van der Waals surface area contributed by atoms with E-state index in [1.165, 1.54) is 11.6 Å². The van der Waals surface area contributed by atoms with E-state index < -0.39 is 12.1 Å². The zero-order chi connectivity index (χ0) is 50.4. The second kappa shape index (κ2) is 21.8. The largest absolute Gasteiger partial charge is 0.489 e. The summed E-state index contributed by atoms with van der Waals surface area (Å²) < 4.78 is 25.1. The van der Waals surface area contributed by atoms with Crippen molar-refractivity contribution in [2.45, 2.75) is 52.1 Å². The molecule has 3 amide bonds. The first-order valence-corrected chi connectivity index (χ1v) is 24.9. The number of carbonyl (C=O) groups excluding carboxylic acids is 4. The molecule has 1 aromatic heterocycles. The van der Waals surface area contributed by atoms with Gasteiger partial charge in [0.05, 0.1) is 24.3 Å². The highest BCUT2D eigenvalue weighted by Gasteiger charge is 2.35. The second-order valence-corrected chi connectivity index (χ2v) is 19.0. The number of ether oxygens (including phenoxy) is 4. The molecule has 6 aromatic carbocycles. The Morgan fingerprint density at radius 1 is 0.671 bits per heavy atom. The molecule has 13 nitrogen and oxygen atoms in total. The Morgan fingerprint density at radius 3 is 2.11 bits per heavy atom. The van der Waals surface area contributed by atoms with Crippen molar-refractivity contribution < 1.29 is 38.1 Å². The van der Waals surface area contributed by atoms with E-state index in [1.54, 1.807) is 35.0 Å². The number of esters is 1. The number of rotatable bonds is 13. The Morgan fingerprint density at radius 2 is 1.37 bits per heavy atom. The summed E-state index contributed by atoms with van der Waals surface area (Å²) in [5, 5.41) is 0. The summed E-state index contributed by atoms with van der Waals surface area (Å²) in [5.41, 5.74) is 10.3. The lowest BCUT2D eigenvalue weighted by atomic mass is 9.89. The molecule has 0 radical (unpaired) electrons. The summed E-state index contributed by atoms with van der Waals surface area (Å²) in [4.78, 5) is 64.7. The fourth-order valence-corrected chi connectivity index (χ4v) is 10.0. The number of aromatic nitrogens is 1. The molecule has 3 aliphatic heterocycles. The molecule has 1 saturated heterocycles. The van der Waals surface area contributed by atoms with E-state index in [2.05, 4.69) is 29.2 Å². The van der Waals surface area contributed by atoms with Crippen molar-refractivity contribution >= 4 is 29.6 Å². The lowest BCUT2D eigenvalue weighted by Crippen LogP contribution is -2.52. The highest BCUT2D eigenvalue weighted by Crippen LogP contribution is 2.36. The van der Waals surface area contributed by atoms with Crippen molar-refractivity contribution in [2.75, 3.05) is 51.3 Å². The molecule has 1 fully saturated rings. The normalized spacial score (nSPS) is 15.5. The third-order valence-corrected chi connectivity index (χ3v) is 14.3. The van der Waals surface area contributed by atoms with Gasteiger partial charge in [0.1, 0.15) is 24.7 Å². The summed E-state index contributed by atoms with van der Waals surface area (Å²) in [5.74, 6) is 0.0698. The molecule has 73 heavy (non-hydrogen) atoms. The van der Waals surface area contributed by atoms with Gasteiger partial charge in [-0.2, -0.15) is 0 Å². The molecule has 10 rings (SSSR count). The van der Waals surface area contributed by atoms with E-state index in [1.807, 2.05) is 127 Å². The zero-order valence-electron chi connectivity index (χ0n) is 41.5. The van der Waals surface area contributed by atoms with Crippen LogP contribution in [-0.4, -0.2) is 95.6 Å². The van der Waals surface area contributed by atoms with E-state index in [0.717, 1.165) is 52.3 Å². The smallest absolute Gasteiger partial charge is 0.415 e. The number of benzene rings is 6. The number of hydrogen-bond acceptors (Lipinski definition) is 9. The van der Waals surface area contributed by atoms with E-state index in [4.69, 9.17) is 18.9 Å². The fraction of sp³-hybridized carbons (Fsp3) is 0.267. The van der Waals surface area contributed by atoms with Gasteiger partial charge >= 0.3 is 12.1 Å². The van der Waals surface area contributed by atoms with Crippen molar-refractivity contribution in [3.05, 3.63) is 207 Å². The highest BCUT2D eigenvalue weighted by atomic mass is 16.6. The maximum atomic E-state index is 15.6. The van der Waals surface area contributed by atoms with Gasteiger partial charge in [0.25, 0.3) is 11.8 Å². The minimum atomic E-state index is -0.574. The molecule has 0 bridgehead atoms. The molecule has 4 heterocycles. The van der Waals surface area contributed by atoms with Crippen molar-refractivity contribution in [2.24, 2.45) is 7.05 Å². The number of fused-ring (bicyclic) bond motifs is 2. The van der Waals surface area contributed by atoms with Crippen molar-refractivity contribution in [3.63, 3.8) is 0 Å². The standard InChI is InChI=1S/C60H59N5O8/c1-41-53(57(66)62(3)49-21-23-51(24-22-49)71-39-42-13-6-4-7-14-42)35-56(61(41)2)54-33-45-25-26-64(60(69)73-52-20-12-19-46(32-52)59(68)72-40-43-15-8-5-9-16-43)36-48(45)34-55(54)58(67)65-37-47-18-11-10-17-44(47)31-50(65)38-63-27-29-70-30-28-63/h4-24,32-35,50H,25-31,36-40H2,1-3H3/t50-/m0/s1. The van der Waals surface area contributed by atoms with Crippen molar-refractivity contribution in [1.82, 2.24) is 19.3 Å². The quantitative estimate of drug-likeness (QED) is 0.104. The molecule has 0 N–H and O–H groups in total. The molecule has 1 atom stereocenters. The Balaban J connectivity index is 0.939. The predicted octanol–water partition coefficient (Wildman–Crippen LogP) is 9.67. The van der Waals surface area contributed by atoms with Crippen LogP contribution in [-0.2, 0) is 55.7 Å². The number of amides is 3. The van der Waals surface area contributed by atoms with Crippen LogP contribution in [0, 0.1) is 6.92 Å². The lowest BCUT2D eigenvalue weighted by Gasteiger charge is -2.41. The van der Waals surface area contributed by atoms with Crippen LogP contribution in [0.5, 0.6) is 11.5 Å². The van der Waals surface area contributed by atoms with Crippen LogP contribution in [0.1, 0.15) is 70.1 Å². The first kappa shape index (κ1) is 48.6. The van der Waals surface area contributed by atoms with Gasteiger partial charge in [-0.3, -0.25) is 14.5 Å². The third kappa shape index (κ3) is 10.9. The molecule has 0 unspecified atom stereocenters. The van der Waals surface area contributed by atoms with Crippen LogP contribution in [0.25, 0.3) is 11.3 Å². The minimum Gasteiger partial charge on any atom is -0.489 e. The highest BCUT2D eigenvalue weighted by molar-refractivity contribution is 6.08. The average Bonchev–Trinajstić information content (AvgIpc) is 3.73. The molecule has 7 aromatic rings. The van der Waals surface area contributed by atoms with Crippen molar-refractivity contribution in [3.8, 4) is 22.8 Å². The molecule has 3 aliphatic rings. The van der Waals surface area contributed by atoms with E-state index >= 15 is 4.79 Å². The van der Waals surface area contributed by atoms with Gasteiger partial charge in [0, 0.05) is 87.6 Å². The zero-order valence-corrected chi connectivity index (χ0v) is 41.5. The van der Waals surface area contributed by atoms with Crippen molar-refractivity contribution in [1.29, 1.82) is 0 Å². The summed E-state index contributed by atoms with van der Waals surface area (Å²) in [6.07, 6.45) is 0.632. The van der Waals surface area contributed by atoms with E-state index in [9.17, 15) is 14.4 Å². The van der Waals surface area contributed by atoms with Crippen LogP contribution in [0.2, 0.25) is 0 Å². The first-order valence-electron chi connectivity index (χ1n) is 24.9. The molecule has 372 valence electrons. The topological polar surface area (TPSA) is 123 Å². The molecule has 0 spiro atoms. The molecule has 13 heteroatoms. The van der Waals surface area contributed by atoms with Gasteiger partial charge in [-0.15, -0.1) is 0 Å². The fourth-order valence-electron chi connectivity index (χ4n) is 10.0. The van der Waals surface area contributed by atoms with Crippen LogP contribution < -0.4 is 14.4 Å². The number of nitrogens with zero attached hydrogens (tertiary/aromatic N) is 5. The summed E-state index contributed by atoms with van der Waals surface area (Å²) in [7, 11) is 3.70. The van der Waals surface area contributed by atoms with Gasteiger partial charge < -0.3 is 38.2 Å². The molecule has 0 saturated carbocycles. The van der Waals surface area contributed by atoms with Crippen LogP contribution in [0.15, 0.2) is 152 Å². The number of carbonyl (C=O) groups is 4. The van der Waals surface area contributed by atoms with Crippen LogP contribution in [0.3, 0.4) is 0 Å². The van der Waals surface area contributed by atoms with Crippen LogP contribution in [0.4, 0.5) is 10.5 Å². The Kier molecular flexibility index (Phi) is 14.5. The van der Waals surface area contributed by atoms with E-state index in [0.29, 0.717) is 80.4 Å². The molecular weight excluding hydrogens is 919 g/mol. The Hall–Kier alpha value is -8.00. The number of morpholine rings is 1.